The Hall–Kier alpha value is -3.42. The van der Waals surface area contributed by atoms with Crippen LogP contribution in [-0.2, 0) is 0 Å². The number of benzene rings is 2. The summed E-state index contributed by atoms with van der Waals surface area (Å²) in [5, 5.41) is 5.67. The van der Waals surface area contributed by atoms with E-state index in [2.05, 4.69) is 15.5 Å². The molecule has 0 saturated carbocycles. The lowest BCUT2D eigenvalue weighted by Gasteiger charge is -2.31. The molecule has 8 heteroatoms. The number of piperidine rings is 1. The molecule has 2 N–H and O–H groups in total. The van der Waals surface area contributed by atoms with Crippen molar-refractivity contribution < 1.29 is 19.1 Å². The minimum atomic E-state index is -0.413. The summed E-state index contributed by atoms with van der Waals surface area (Å²) < 4.78 is 10.6. The first-order valence-electron chi connectivity index (χ1n) is 11.6. The number of ether oxygens (including phenoxy) is 2. The molecule has 2 heterocycles. The van der Waals surface area contributed by atoms with Gasteiger partial charge in [0.2, 0.25) is 0 Å². The summed E-state index contributed by atoms with van der Waals surface area (Å²) in [5.41, 5.74) is 2.70. The van der Waals surface area contributed by atoms with Crippen LogP contribution in [0.1, 0.15) is 42.5 Å². The Kier molecular flexibility index (Phi) is 7.22. The molecular formula is C25H32N4O4. The first-order valence-corrected chi connectivity index (χ1v) is 11.6. The minimum absolute atomic E-state index is 0.0361. The van der Waals surface area contributed by atoms with Gasteiger partial charge in [0.1, 0.15) is 11.5 Å². The van der Waals surface area contributed by atoms with Gasteiger partial charge in [0.15, 0.2) is 0 Å². The number of carbonyl (C=O) groups excluding carboxylic acids is 2. The van der Waals surface area contributed by atoms with Gasteiger partial charge < -0.3 is 29.9 Å². The third-order valence-corrected chi connectivity index (χ3v) is 6.23. The summed E-state index contributed by atoms with van der Waals surface area (Å²) in [6.07, 6.45) is 5.55. The SMILES string of the molecule is COc1ccc(NC(=O)Nc2ccc(N3CCCCC3)c(C(=O)N3CCCC3)c2)c(OC)c1. The Morgan fingerprint density at radius 2 is 1.55 bits per heavy atom. The Balaban J connectivity index is 1.54. The second-order valence-corrected chi connectivity index (χ2v) is 8.42. The van der Waals surface area contributed by atoms with Crippen molar-refractivity contribution >= 4 is 29.0 Å². The highest BCUT2D eigenvalue weighted by Gasteiger charge is 2.25. The molecule has 0 unspecified atom stereocenters. The van der Waals surface area contributed by atoms with Crippen LogP contribution >= 0.6 is 0 Å². The summed E-state index contributed by atoms with van der Waals surface area (Å²) in [5.74, 6) is 1.17. The quantitative estimate of drug-likeness (QED) is 0.671. The second-order valence-electron chi connectivity index (χ2n) is 8.42. The third kappa shape index (κ3) is 5.32. The van der Waals surface area contributed by atoms with Crippen molar-refractivity contribution in [2.24, 2.45) is 0 Å². The van der Waals surface area contributed by atoms with Crippen molar-refractivity contribution in [1.82, 2.24) is 4.90 Å². The van der Waals surface area contributed by atoms with Crippen LogP contribution in [0, 0.1) is 0 Å². The van der Waals surface area contributed by atoms with E-state index < -0.39 is 6.03 Å². The molecule has 33 heavy (non-hydrogen) atoms. The maximum absolute atomic E-state index is 13.3. The highest BCUT2D eigenvalue weighted by molar-refractivity contribution is 6.04. The molecule has 4 rings (SSSR count). The molecule has 8 nitrogen and oxygen atoms in total. The van der Waals surface area contributed by atoms with Gasteiger partial charge in [0.05, 0.1) is 25.5 Å². The molecule has 0 aromatic heterocycles. The normalized spacial score (nSPS) is 15.8. The predicted molar refractivity (Wildman–Crippen MR) is 130 cm³/mol. The van der Waals surface area contributed by atoms with E-state index in [9.17, 15) is 9.59 Å². The van der Waals surface area contributed by atoms with Crippen LogP contribution in [0.2, 0.25) is 0 Å². The van der Waals surface area contributed by atoms with Gasteiger partial charge in [-0.15, -0.1) is 0 Å². The lowest BCUT2D eigenvalue weighted by atomic mass is 10.1. The van der Waals surface area contributed by atoms with Crippen molar-refractivity contribution in [1.29, 1.82) is 0 Å². The number of carbonyl (C=O) groups is 2. The van der Waals surface area contributed by atoms with E-state index in [1.54, 1.807) is 31.4 Å². The largest absolute Gasteiger partial charge is 0.497 e. The van der Waals surface area contributed by atoms with Gasteiger partial charge in [-0.3, -0.25) is 4.79 Å². The minimum Gasteiger partial charge on any atom is -0.497 e. The number of likely N-dealkylation sites (tertiary alicyclic amines) is 1. The fourth-order valence-corrected chi connectivity index (χ4v) is 4.47. The van der Waals surface area contributed by atoms with Crippen LogP contribution < -0.4 is 25.0 Å². The number of urea groups is 1. The number of methoxy groups -OCH3 is 2. The zero-order valence-corrected chi connectivity index (χ0v) is 19.4. The molecule has 2 aromatic carbocycles. The Bertz CT molecular complexity index is 998. The first-order chi connectivity index (χ1) is 16.1. The van der Waals surface area contributed by atoms with Gasteiger partial charge in [-0.25, -0.2) is 4.79 Å². The highest BCUT2D eigenvalue weighted by Crippen LogP contribution is 2.31. The van der Waals surface area contributed by atoms with E-state index in [1.807, 2.05) is 17.0 Å². The van der Waals surface area contributed by atoms with Crippen LogP contribution in [0.5, 0.6) is 11.5 Å². The average molecular weight is 453 g/mol. The van der Waals surface area contributed by atoms with Gasteiger partial charge >= 0.3 is 6.03 Å². The molecular weight excluding hydrogens is 420 g/mol. The lowest BCUT2D eigenvalue weighted by Crippen LogP contribution is -2.34. The fourth-order valence-electron chi connectivity index (χ4n) is 4.47. The van der Waals surface area contributed by atoms with E-state index >= 15 is 0 Å². The second kappa shape index (κ2) is 10.5. The zero-order chi connectivity index (χ0) is 23.2. The maximum atomic E-state index is 13.3. The Morgan fingerprint density at radius 3 is 2.24 bits per heavy atom. The predicted octanol–water partition coefficient (Wildman–Crippen LogP) is 4.57. The van der Waals surface area contributed by atoms with Crippen LogP contribution in [-0.4, -0.2) is 57.2 Å². The van der Waals surface area contributed by atoms with Crippen LogP contribution in [0.25, 0.3) is 0 Å². The van der Waals surface area contributed by atoms with E-state index in [4.69, 9.17) is 9.47 Å². The molecule has 2 aromatic rings. The van der Waals surface area contributed by atoms with Crippen LogP contribution in [0.3, 0.4) is 0 Å². The molecule has 2 aliphatic rings. The number of nitrogens with zero attached hydrogens (tertiary/aromatic N) is 2. The number of hydrogen-bond acceptors (Lipinski definition) is 5. The Morgan fingerprint density at radius 1 is 0.818 bits per heavy atom. The fraction of sp³-hybridized carbons (Fsp3) is 0.440. The summed E-state index contributed by atoms with van der Waals surface area (Å²) in [4.78, 5) is 30.2. The average Bonchev–Trinajstić information content (AvgIpc) is 3.39. The molecule has 2 fully saturated rings. The lowest BCUT2D eigenvalue weighted by molar-refractivity contribution is 0.0793. The molecule has 3 amide bonds. The van der Waals surface area contributed by atoms with Crippen LogP contribution in [0.4, 0.5) is 21.9 Å². The van der Waals surface area contributed by atoms with Gasteiger partial charge in [0.25, 0.3) is 5.91 Å². The van der Waals surface area contributed by atoms with Crippen molar-refractivity contribution in [2.45, 2.75) is 32.1 Å². The Labute approximate surface area is 194 Å². The topological polar surface area (TPSA) is 83.1 Å². The number of hydrogen-bond donors (Lipinski definition) is 2. The number of amides is 3. The van der Waals surface area contributed by atoms with Crippen molar-refractivity contribution in [2.75, 3.05) is 55.9 Å². The first kappa shape index (κ1) is 22.8. The van der Waals surface area contributed by atoms with Gasteiger partial charge in [-0.05, 0) is 62.4 Å². The monoisotopic (exact) mass is 452 g/mol. The number of rotatable bonds is 6. The molecule has 0 atom stereocenters. The molecule has 2 saturated heterocycles. The van der Waals surface area contributed by atoms with Crippen molar-refractivity contribution in [3.63, 3.8) is 0 Å². The van der Waals surface area contributed by atoms with E-state index in [0.717, 1.165) is 57.5 Å². The molecule has 0 spiro atoms. The van der Waals surface area contributed by atoms with E-state index in [0.29, 0.717) is 28.4 Å². The zero-order valence-electron chi connectivity index (χ0n) is 19.4. The maximum Gasteiger partial charge on any atom is 0.323 e. The highest BCUT2D eigenvalue weighted by atomic mass is 16.5. The van der Waals surface area contributed by atoms with Crippen molar-refractivity contribution in [3.05, 3.63) is 42.0 Å². The van der Waals surface area contributed by atoms with E-state index in [1.165, 1.54) is 13.5 Å². The summed E-state index contributed by atoms with van der Waals surface area (Å²) >= 11 is 0. The summed E-state index contributed by atoms with van der Waals surface area (Å²) in [6.45, 7) is 3.47. The molecule has 0 aliphatic carbocycles. The van der Waals surface area contributed by atoms with Gasteiger partial charge in [-0.2, -0.15) is 0 Å². The number of nitrogens with one attached hydrogen (secondary N) is 2. The van der Waals surface area contributed by atoms with Crippen molar-refractivity contribution in [3.8, 4) is 11.5 Å². The van der Waals surface area contributed by atoms with Gasteiger partial charge in [-0.1, -0.05) is 0 Å². The number of anilines is 3. The smallest absolute Gasteiger partial charge is 0.323 e. The van der Waals surface area contributed by atoms with E-state index in [-0.39, 0.29) is 5.91 Å². The molecule has 0 radical (unpaired) electrons. The molecule has 2 aliphatic heterocycles. The third-order valence-electron chi connectivity index (χ3n) is 6.23. The summed E-state index contributed by atoms with van der Waals surface area (Å²) in [6, 6.07) is 10.4. The van der Waals surface area contributed by atoms with Crippen LogP contribution in [0.15, 0.2) is 36.4 Å². The van der Waals surface area contributed by atoms with Gasteiger partial charge in [0, 0.05) is 43.6 Å². The summed E-state index contributed by atoms with van der Waals surface area (Å²) in [7, 11) is 3.11. The molecule has 176 valence electrons. The molecule has 0 bridgehead atoms. The standard InChI is InChI=1S/C25H32N4O4/c1-32-19-9-10-21(23(17-19)33-2)27-25(31)26-18-8-11-22(28-12-4-3-5-13-28)20(16-18)24(30)29-14-6-7-15-29/h8-11,16-17H,3-7,12-15H2,1-2H3,(H2,26,27,31).